The molecule has 0 radical (unpaired) electrons. The van der Waals surface area contributed by atoms with Crippen molar-refractivity contribution in [1.29, 1.82) is 0 Å². The second kappa shape index (κ2) is 10.5. The average Bonchev–Trinajstić information content (AvgIpc) is 3.28. The van der Waals surface area contributed by atoms with Gasteiger partial charge in [0.15, 0.2) is 5.82 Å². The van der Waals surface area contributed by atoms with Crippen molar-refractivity contribution in [2.24, 2.45) is 5.10 Å². The van der Waals surface area contributed by atoms with E-state index in [-0.39, 0.29) is 11.4 Å². The predicted molar refractivity (Wildman–Crippen MR) is 144 cm³/mol. The van der Waals surface area contributed by atoms with Crippen LogP contribution in [0.3, 0.4) is 0 Å². The first-order valence-corrected chi connectivity index (χ1v) is 12.4. The van der Waals surface area contributed by atoms with Crippen molar-refractivity contribution in [2.75, 3.05) is 5.43 Å². The molecule has 0 spiro atoms. The zero-order valence-corrected chi connectivity index (χ0v) is 20.5. The minimum atomic E-state index is -0.466. The van der Waals surface area contributed by atoms with Crippen molar-refractivity contribution in [3.8, 4) is 11.1 Å². The zero-order chi connectivity index (χ0) is 25.8. The molecule has 0 saturated carbocycles. The maximum absolute atomic E-state index is 11.6. The Hall–Kier alpha value is -4.68. The van der Waals surface area contributed by atoms with E-state index in [0.717, 1.165) is 20.7 Å². The normalized spacial score (nSPS) is 11.1. The fourth-order valence-corrected chi connectivity index (χ4v) is 6.10. The van der Waals surface area contributed by atoms with Crippen molar-refractivity contribution >= 4 is 56.7 Å². The summed E-state index contributed by atoms with van der Waals surface area (Å²) in [5.41, 5.74) is 5.21. The third kappa shape index (κ3) is 5.15. The number of nitrogens with one attached hydrogen (secondary N) is 1. The van der Waals surface area contributed by atoms with Crippen LogP contribution in [0.2, 0.25) is 0 Å². The summed E-state index contributed by atoms with van der Waals surface area (Å²) in [6, 6.07) is 22.4. The lowest BCUT2D eigenvalue weighted by molar-refractivity contribution is -0.387. The Bertz CT molecular complexity index is 1660. The lowest BCUT2D eigenvalue weighted by Crippen LogP contribution is -1.96. The number of benzene rings is 3. The Kier molecular flexibility index (Phi) is 6.83. The predicted octanol–water partition coefficient (Wildman–Crippen LogP) is 6.77. The van der Waals surface area contributed by atoms with Gasteiger partial charge in [0.05, 0.1) is 30.6 Å². The van der Waals surface area contributed by atoms with E-state index in [9.17, 15) is 20.2 Å². The number of hydrogen-bond donors (Lipinski definition) is 1. The number of anilines is 1. The summed E-state index contributed by atoms with van der Waals surface area (Å²) < 4.78 is 0.821. The molecule has 0 aliphatic carbocycles. The molecular weight excluding hydrogens is 512 g/mol. The Morgan fingerprint density at radius 3 is 2.49 bits per heavy atom. The molecule has 0 unspecified atom stereocenters. The van der Waals surface area contributed by atoms with E-state index in [0.29, 0.717) is 21.1 Å². The van der Waals surface area contributed by atoms with E-state index in [4.69, 9.17) is 0 Å². The third-order valence-corrected chi connectivity index (χ3v) is 7.60. The van der Waals surface area contributed by atoms with E-state index in [1.54, 1.807) is 30.3 Å². The molecular formula is C25H16N6O4S2. The molecule has 1 N–H and O–H groups in total. The minimum absolute atomic E-state index is 0.0231. The Balaban J connectivity index is 1.58. The van der Waals surface area contributed by atoms with Crippen molar-refractivity contribution in [2.45, 2.75) is 9.10 Å². The monoisotopic (exact) mass is 528 g/mol. The molecule has 0 saturated heterocycles. The van der Waals surface area contributed by atoms with E-state index >= 15 is 0 Å². The van der Waals surface area contributed by atoms with Crippen LogP contribution in [0.5, 0.6) is 0 Å². The number of fused-ring (bicyclic) bond motifs is 1. The Morgan fingerprint density at radius 1 is 0.919 bits per heavy atom. The van der Waals surface area contributed by atoms with Crippen molar-refractivity contribution < 1.29 is 9.85 Å². The van der Waals surface area contributed by atoms with Gasteiger partial charge in [-0.1, -0.05) is 66.4 Å². The van der Waals surface area contributed by atoms with Crippen LogP contribution in [-0.2, 0) is 0 Å². The van der Waals surface area contributed by atoms with Crippen LogP contribution >= 0.6 is 23.1 Å². The quantitative estimate of drug-likeness (QED) is 0.132. The van der Waals surface area contributed by atoms with E-state index < -0.39 is 9.85 Å². The number of para-hydroxylation sites is 1. The molecule has 0 aliphatic rings. The number of nitro benzene ring substituents is 2. The third-order valence-electron chi connectivity index (χ3n) is 5.25. The van der Waals surface area contributed by atoms with Crippen molar-refractivity contribution in [1.82, 2.24) is 9.97 Å². The standard InChI is InChI=1S/C25H16N6O4S2/c32-30(33)18-10-6-7-16(13-18)14-28-29-23-22-21(17-8-2-1-3-9-17)25(37-24(22)27-15-26-23)36-20-12-5-4-11-19(20)31(34)35/h1-15H,(H,26,27,29). The molecule has 3 aromatic carbocycles. The fourth-order valence-electron chi connectivity index (χ4n) is 3.62. The van der Waals surface area contributed by atoms with Gasteiger partial charge in [-0.2, -0.15) is 5.10 Å². The summed E-state index contributed by atoms with van der Waals surface area (Å²) in [6.07, 6.45) is 2.89. The molecule has 5 rings (SSSR count). The summed E-state index contributed by atoms with van der Waals surface area (Å²) >= 11 is 2.71. The Morgan fingerprint density at radius 2 is 1.70 bits per heavy atom. The van der Waals surface area contributed by atoms with Crippen LogP contribution in [0.4, 0.5) is 17.2 Å². The van der Waals surface area contributed by atoms with Gasteiger partial charge < -0.3 is 0 Å². The van der Waals surface area contributed by atoms with Gasteiger partial charge in [0.1, 0.15) is 11.2 Å². The highest BCUT2D eigenvalue weighted by Gasteiger charge is 2.22. The fraction of sp³-hybridized carbons (Fsp3) is 0. The number of aromatic nitrogens is 2. The lowest BCUT2D eigenvalue weighted by Gasteiger charge is -2.07. The largest absolute Gasteiger partial charge is 0.283 e. The van der Waals surface area contributed by atoms with Crippen LogP contribution in [0.25, 0.3) is 21.3 Å². The van der Waals surface area contributed by atoms with Gasteiger partial charge in [0, 0.05) is 29.3 Å². The minimum Gasteiger partial charge on any atom is -0.261 e. The summed E-state index contributed by atoms with van der Waals surface area (Å²) in [4.78, 5) is 31.8. The van der Waals surface area contributed by atoms with Gasteiger partial charge in [-0.05, 0) is 11.6 Å². The van der Waals surface area contributed by atoms with E-state index in [1.165, 1.54) is 53.8 Å². The number of non-ortho nitro benzene ring substituents is 1. The van der Waals surface area contributed by atoms with Crippen LogP contribution in [-0.4, -0.2) is 26.0 Å². The van der Waals surface area contributed by atoms with E-state index in [2.05, 4.69) is 20.5 Å². The second-order valence-corrected chi connectivity index (χ2v) is 9.89. The first-order chi connectivity index (χ1) is 18.0. The summed E-state index contributed by atoms with van der Waals surface area (Å²) in [5, 5.41) is 27.6. The number of thiophene rings is 1. The van der Waals surface area contributed by atoms with Crippen LogP contribution in [0.15, 0.2) is 99.4 Å². The second-order valence-electron chi connectivity index (χ2n) is 7.58. The van der Waals surface area contributed by atoms with Gasteiger partial charge >= 0.3 is 0 Å². The Labute approximate surface area is 218 Å². The smallest absolute Gasteiger partial charge is 0.261 e. The molecule has 0 fully saturated rings. The highest BCUT2D eigenvalue weighted by molar-refractivity contribution is 8.01. The van der Waals surface area contributed by atoms with E-state index in [1.807, 2.05) is 30.3 Å². The molecule has 0 bridgehead atoms. The van der Waals surface area contributed by atoms with Gasteiger partial charge in [-0.3, -0.25) is 25.7 Å². The highest BCUT2D eigenvalue weighted by atomic mass is 32.2. The molecule has 0 atom stereocenters. The van der Waals surface area contributed by atoms with Gasteiger partial charge in [0.2, 0.25) is 0 Å². The molecule has 0 aliphatic heterocycles. The molecule has 10 nitrogen and oxygen atoms in total. The number of nitro groups is 2. The maximum Gasteiger partial charge on any atom is 0.283 e. The molecule has 5 aromatic rings. The molecule has 0 amide bonds. The summed E-state index contributed by atoms with van der Waals surface area (Å²) in [7, 11) is 0. The number of rotatable bonds is 8. The first kappa shape index (κ1) is 24.0. The summed E-state index contributed by atoms with van der Waals surface area (Å²) in [5.74, 6) is 0.441. The zero-order valence-electron chi connectivity index (χ0n) is 18.8. The van der Waals surface area contributed by atoms with Crippen LogP contribution < -0.4 is 5.43 Å². The van der Waals surface area contributed by atoms with Gasteiger partial charge in [0.25, 0.3) is 11.4 Å². The van der Waals surface area contributed by atoms with Crippen LogP contribution in [0, 0.1) is 20.2 Å². The number of hydrogen-bond acceptors (Lipinski definition) is 10. The summed E-state index contributed by atoms with van der Waals surface area (Å²) in [6.45, 7) is 0. The van der Waals surface area contributed by atoms with Crippen molar-refractivity contribution in [3.05, 3.63) is 111 Å². The topological polar surface area (TPSA) is 136 Å². The lowest BCUT2D eigenvalue weighted by atomic mass is 10.1. The molecule has 2 aromatic heterocycles. The number of nitrogens with zero attached hydrogens (tertiary/aromatic N) is 5. The highest BCUT2D eigenvalue weighted by Crippen LogP contribution is 2.49. The van der Waals surface area contributed by atoms with Crippen molar-refractivity contribution in [3.63, 3.8) is 0 Å². The first-order valence-electron chi connectivity index (χ1n) is 10.8. The molecule has 37 heavy (non-hydrogen) atoms. The molecule has 2 heterocycles. The van der Waals surface area contributed by atoms with Gasteiger partial charge in [-0.25, -0.2) is 9.97 Å². The van der Waals surface area contributed by atoms with Gasteiger partial charge in [-0.15, -0.1) is 11.3 Å². The molecule has 182 valence electrons. The van der Waals surface area contributed by atoms with Crippen LogP contribution in [0.1, 0.15) is 5.56 Å². The molecule has 12 heteroatoms. The maximum atomic E-state index is 11.6. The SMILES string of the molecule is O=[N+]([O-])c1cccc(C=NNc2ncnc3sc(Sc4ccccc4[N+](=O)[O-])c(-c4ccccc4)c23)c1. The number of hydrazone groups is 1. The average molecular weight is 529 g/mol.